The van der Waals surface area contributed by atoms with Gasteiger partial charge >= 0.3 is 8.03 Å². The monoisotopic (exact) mass is 168 g/mol. The van der Waals surface area contributed by atoms with E-state index in [1.165, 1.54) is 7.05 Å². The van der Waals surface area contributed by atoms with Crippen LogP contribution in [0.2, 0.25) is 0 Å². The average Bonchev–Trinajstić information content (AvgIpc) is 1.60. The molecule has 0 amide bonds. The van der Waals surface area contributed by atoms with Gasteiger partial charge in [0.1, 0.15) is 0 Å². The molecule has 0 aromatic heterocycles. The number of nitrogens with zero attached hydrogens (tertiary/aromatic N) is 1. The fourth-order valence-electron chi connectivity index (χ4n) is 0.295. The summed E-state index contributed by atoms with van der Waals surface area (Å²) in [5.74, 6) is -2.02. The van der Waals surface area contributed by atoms with Crippen LogP contribution in [0.25, 0.3) is 0 Å². The third-order valence-corrected chi connectivity index (χ3v) is 1.61. The van der Waals surface area contributed by atoms with Gasteiger partial charge in [0.15, 0.2) is 0 Å². The minimum atomic E-state index is -2.35. The Morgan fingerprint density at radius 3 is 2.20 bits per heavy atom. The number of rotatable bonds is 3. The van der Waals surface area contributed by atoms with Crippen LogP contribution in [0, 0.1) is 0 Å². The minimum absolute atomic E-state index is 0.251. The minimum Gasteiger partial charge on any atom is -0.351 e. The first-order valence-corrected chi connectivity index (χ1v) is 3.88. The quantitative estimate of drug-likeness (QED) is 0.290. The largest absolute Gasteiger partial charge is 0.521 e. The van der Waals surface area contributed by atoms with E-state index in [-0.39, 0.29) is 6.29 Å². The normalized spacial score (nSPS) is 14.0. The van der Waals surface area contributed by atoms with Gasteiger partial charge in [-0.1, -0.05) is 0 Å². The molecule has 0 spiro atoms. The Hall–Kier alpha value is -0.100. The summed E-state index contributed by atoms with van der Waals surface area (Å²) in [7, 11) is -1.01. The molecule has 10 heavy (non-hydrogen) atoms. The molecule has 0 saturated carbocycles. The van der Waals surface area contributed by atoms with Crippen LogP contribution in [0.5, 0.6) is 0 Å². The van der Waals surface area contributed by atoms with E-state index in [0.717, 1.165) is 4.90 Å². The van der Waals surface area contributed by atoms with Crippen molar-refractivity contribution in [1.82, 2.24) is 4.90 Å². The second-order valence-corrected chi connectivity index (χ2v) is 2.96. The maximum atomic E-state index is 10.1. The summed E-state index contributed by atoms with van der Waals surface area (Å²) in [4.78, 5) is 9.30. The number of hydrogen-bond donors (Lipinski definition) is 4. The molecule has 1 unspecified atom stereocenters. The highest BCUT2D eigenvalue weighted by Gasteiger charge is 2.27. The molecular formula is C3H11N3O3P+. The Morgan fingerprint density at radius 1 is 1.70 bits per heavy atom. The van der Waals surface area contributed by atoms with Gasteiger partial charge in [-0.2, -0.15) is 4.89 Å². The smallest absolute Gasteiger partial charge is 0.351 e. The lowest BCUT2D eigenvalue weighted by Gasteiger charge is -2.24. The molecule has 0 heterocycles. The summed E-state index contributed by atoms with van der Waals surface area (Å²) in [5, 5.41) is 8.78. The van der Waals surface area contributed by atoms with Gasteiger partial charge in [0.05, 0.1) is 0 Å². The zero-order valence-corrected chi connectivity index (χ0v) is 6.45. The van der Waals surface area contributed by atoms with Crippen molar-refractivity contribution in [3.8, 4) is 0 Å². The highest BCUT2D eigenvalue weighted by atomic mass is 31.1. The van der Waals surface area contributed by atoms with E-state index in [9.17, 15) is 4.57 Å². The van der Waals surface area contributed by atoms with Crippen LogP contribution in [0.4, 0.5) is 0 Å². The number of hydrogen-bond acceptors (Lipinski definition) is 5. The van der Waals surface area contributed by atoms with Gasteiger partial charge in [-0.05, 0) is 11.6 Å². The molecule has 0 aromatic rings. The lowest BCUT2D eigenvalue weighted by Crippen LogP contribution is -2.61. The molecule has 0 bridgehead atoms. The third kappa shape index (κ3) is 3.84. The van der Waals surface area contributed by atoms with Crippen molar-refractivity contribution in [3.05, 3.63) is 0 Å². The van der Waals surface area contributed by atoms with Gasteiger partial charge in [-0.15, -0.1) is 0 Å². The van der Waals surface area contributed by atoms with Crippen LogP contribution >= 0.6 is 8.03 Å². The zero-order valence-electron chi connectivity index (χ0n) is 5.56. The van der Waals surface area contributed by atoms with Crippen LogP contribution < -0.4 is 11.5 Å². The predicted molar refractivity (Wildman–Crippen MR) is 35.8 cm³/mol. The Labute approximate surface area is 59.3 Å². The highest BCUT2D eigenvalue weighted by molar-refractivity contribution is 7.37. The second kappa shape index (κ2) is 3.34. The van der Waals surface area contributed by atoms with E-state index in [2.05, 4.69) is 0 Å². The summed E-state index contributed by atoms with van der Waals surface area (Å²) in [6, 6.07) is 0. The van der Waals surface area contributed by atoms with Crippen molar-refractivity contribution >= 4 is 8.03 Å². The summed E-state index contributed by atoms with van der Waals surface area (Å²) < 4.78 is 10.1. The molecule has 1 atom stereocenters. The van der Waals surface area contributed by atoms with Crippen molar-refractivity contribution in [2.45, 2.75) is 5.97 Å². The van der Waals surface area contributed by atoms with Crippen molar-refractivity contribution in [2.24, 2.45) is 11.5 Å². The van der Waals surface area contributed by atoms with Gasteiger partial charge in [0.25, 0.3) is 0 Å². The van der Waals surface area contributed by atoms with Crippen LogP contribution in [0.1, 0.15) is 0 Å². The van der Waals surface area contributed by atoms with E-state index in [0.29, 0.717) is 0 Å². The van der Waals surface area contributed by atoms with E-state index in [4.69, 9.17) is 21.5 Å². The Morgan fingerprint density at radius 2 is 2.10 bits per heavy atom. The summed E-state index contributed by atoms with van der Waals surface area (Å²) in [5.41, 5.74) is 9.89. The molecule has 0 radical (unpaired) electrons. The second-order valence-electron chi connectivity index (χ2n) is 1.97. The molecule has 6 N–H and O–H groups in total. The standard InChI is InChI=1S/C3H10N3O3P/c1-6(2-10(8)9)3(4,5)7/h7H,2,4-5H2,1H3/p+1. The summed E-state index contributed by atoms with van der Waals surface area (Å²) >= 11 is 0. The molecule has 0 fully saturated rings. The van der Waals surface area contributed by atoms with Crippen molar-refractivity contribution in [1.29, 1.82) is 0 Å². The fraction of sp³-hybridized carbons (Fsp3) is 1.00. The van der Waals surface area contributed by atoms with Crippen LogP contribution in [-0.2, 0) is 4.57 Å². The van der Waals surface area contributed by atoms with Crippen molar-refractivity contribution in [2.75, 3.05) is 13.3 Å². The van der Waals surface area contributed by atoms with Crippen LogP contribution in [0.15, 0.2) is 0 Å². The zero-order chi connectivity index (χ0) is 8.36. The van der Waals surface area contributed by atoms with E-state index < -0.39 is 14.0 Å². The molecule has 60 valence electrons. The van der Waals surface area contributed by atoms with Crippen LogP contribution in [0.3, 0.4) is 0 Å². The first kappa shape index (κ1) is 9.90. The van der Waals surface area contributed by atoms with E-state index in [1.807, 2.05) is 0 Å². The van der Waals surface area contributed by atoms with E-state index >= 15 is 0 Å². The van der Waals surface area contributed by atoms with Crippen molar-refractivity contribution in [3.63, 3.8) is 0 Å². The Bertz CT molecular complexity index is 133. The number of nitrogens with two attached hydrogens (primary N) is 2. The molecule has 0 aromatic carbocycles. The maximum absolute atomic E-state index is 10.1. The molecule has 0 aliphatic heterocycles. The molecule has 0 rings (SSSR count). The van der Waals surface area contributed by atoms with Gasteiger partial charge in [-0.3, -0.25) is 11.5 Å². The SMILES string of the molecule is CN(C[P+](=O)O)C(N)(N)O. The Kier molecular flexibility index (Phi) is 3.30. The topological polar surface area (TPSA) is 113 Å². The van der Waals surface area contributed by atoms with Crippen molar-refractivity contribution < 1.29 is 14.6 Å². The number of aliphatic hydroxyl groups is 1. The lowest BCUT2D eigenvalue weighted by atomic mass is 10.7. The molecule has 0 aliphatic carbocycles. The van der Waals surface area contributed by atoms with E-state index in [1.54, 1.807) is 0 Å². The molecule has 7 heteroatoms. The average molecular weight is 168 g/mol. The summed E-state index contributed by atoms with van der Waals surface area (Å²) in [6.45, 7) is 0. The predicted octanol–water partition coefficient (Wildman–Crippen LogP) is -1.87. The lowest BCUT2D eigenvalue weighted by molar-refractivity contribution is -0.0763. The van der Waals surface area contributed by atoms with Gasteiger partial charge in [0, 0.05) is 0 Å². The molecular weight excluding hydrogens is 157 g/mol. The third-order valence-electron chi connectivity index (χ3n) is 0.945. The van der Waals surface area contributed by atoms with Crippen LogP contribution in [-0.4, -0.2) is 34.2 Å². The fourth-order valence-corrected chi connectivity index (χ4v) is 0.884. The van der Waals surface area contributed by atoms with Gasteiger partial charge in [-0.25, -0.2) is 4.90 Å². The van der Waals surface area contributed by atoms with Gasteiger partial charge in [0.2, 0.25) is 12.3 Å². The highest BCUT2D eigenvalue weighted by Crippen LogP contribution is 2.14. The first-order chi connectivity index (χ1) is 4.34. The molecule has 0 aliphatic rings. The maximum Gasteiger partial charge on any atom is 0.521 e. The van der Waals surface area contributed by atoms with Gasteiger partial charge < -0.3 is 5.11 Å². The Balaban J connectivity index is 3.85. The molecule has 0 saturated heterocycles. The summed E-state index contributed by atoms with van der Waals surface area (Å²) in [6.07, 6.45) is -0.251. The molecule has 6 nitrogen and oxygen atoms in total. The first-order valence-electron chi connectivity index (χ1n) is 2.49.